The third-order valence-corrected chi connectivity index (χ3v) is 3.18. The lowest BCUT2D eigenvalue weighted by atomic mass is 10.3. The smallest absolute Gasteiger partial charge is 0.377 e. The number of halogens is 2. The summed E-state index contributed by atoms with van der Waals surface area (Å²) in [6.45, 7) is 1.37. The molecule has 2 aromatic rings. The molecule has 0 N–H and O–H groups in total. The molecule has 3 rings (SSSR count). The van der Waals surface area contributed by atoms with Crippen molar-refractivity contribution < 1.29 is 18.3 Å². The molecule has 1 saturated heterocycles. The summed E-state index contributed by atoms with van der Waals surface area (Å²) < 4.78 is 32.8. The topological polar surface area (TPSA) is 82.2 Å². The van der Waals surface area contributed by atoms with Crippen molar-refractivity contribution in [1.82, 2.24) is 24.7 Å². The van der Waals surface area contributed by atoms with Gasteiger partial charge in [0.2, 0.25) is 0 Å². The molecule has 8 nitrogen and oxygen atoms in total. The molecular formula is C12H11F2N5O3. The first kappa shape index (κ1) is 14.3. The molecule has 0 spiro atoms. The molecule has 0 aliphatic carbocycles. The summed E-state index contributed by atoms with van der Waals surface area (Å²) in [5.41, 5.74) is -1.21. The summed E-state index contributed by atoms with van der Waals surface area (Å²) in [7, 11) is 0. The molecule has 1 aromatic heterocycles. The average molecular weight is 311 g/mol. The Hall–Kier alpha value is -2.62. The van der Waals surface area contributed by atoms with Crippen LogP contribution in [0.2, 0.25) is 0 Å². The van der Waals surface area contributed by atoms with E-state index < -0.39 is 23.4 Å². The van der Waals surface area contributed by atoms with Gasteiger partial charge in [-0.3, -0.25) is 0 Å². The fraction of sp³-hybridized carbons (Fsp3) is 0.333. The van der Waals surface area contributed by atoms with E-state index in [9.17, 15) is 18.4 Å². The van der Waals surface area contributed by atoms with Crippen LogP contribution in [-0.2, 0) is 4.74 Å². The number of nitrogens with zero attached hydrogens (tertiary/aromatic N) is 5. The zero-order valence-electron chi connectivity index (χ0n) is 11.3. The zero-order valence-corrected chi connectivity index (χ0v) is 11.3. The number of morpholine rings is 1. The predicted octanol–water partition coefficient (Wildman–Crippen LogP) is 0.00750. The minimum atomic E-state index is -0.979. The summed E-state index contributed by atoms with van der Waals surface area (Å²) in [5, 5.41) is 6.92. The SMILES string of the molecule is O=C(N1CCOCC1)n1nnn(-c2ccc(F)cc2F)c1=O. The number of carbonyl (C=O) groups is 1. The quantitative estimate of drug-likeness (QED) is 0.693. The first-order chi connectivity index (χ1) is 10.6. The maximum atomic E-state index is 13.7. The van der Waals surface area contributed by atoms with Crippen LogP contribution in [0.5, 0.6) is 0 Å². The van der Waals surface area contributed by atoms with Crippen LogP contribution in [0.1, 0.15) is 0 Å². The van der Waals surface area contributed by atoms with E-state index in [1.165, 1.54) is 4.90 Å². The Morgan fingerprint density at radius 2 is 1.91 bits per heavy atom. The first-order valence-electron chi connectivity index (χ1n) is 6.45. The van der Waals surface area contributed by atoms with Crippen molar-refractivity contribution in [3.8, 4) is 5.69 Å². The van der Waals surface area contributed by atoms with Crippen LogP contribution in [0, 0.1) is 11.6 Å². The van der Waals surface area contributed by atoms with Gasteiger partial charge in [-0.15, -0.1) is 4.68 Å². The Bertz CT molecular complexity index is 766. The van der Waals surface area contributed by atoms with E-state index in [1.807, 2.05) is 0 Å². The van der Waals surface area contributed by atoms with Gasteiger partial charge in [-0.2, -0.15) is 4.68 Å². The number of ether oxygens (including phenoxy) is 1. The monoisotopic (exact) mass is 311 g/mol. The molecule has 10 heteroatoms. The highest BCUT2D eigenvalue weighted by Crippen LogP contribution is 2.11. The average Bonchev–Trinajstić information content (AvgIpc) is 2.89. The molecule has 1 aliphatic rings. The summed E-state index contributed by atoms with van der Waals surface area (Å²) in [6.07, 6.45) is 0. The first-order valence-corrected chi connectivity index (χ1v) is 6.45. The Morgan fingerprint density at radius 1 is 1.18 bits per heavy atom. The van der Waals surface area contributed by atoms with Gasteiger partial charge in [-0.05, 0) is 22.6 Å². The summed E-state index contributed by atoms with van der Waals surface area (Å²) >= 11 is 0. The van der Waals surface area contributed by atoms with E-state index in [4.69, 9.17) is 4.74 Å². The van der Waals surface area contributed by atoms with Crippen LogP contribution in [0.3, 0.4) is 0 Å². The number of carbonyl (C=O) groups excluding carboxylic acids is 1. The number of tetrazole rings is 1. The maximum Gasteiger partial charge on any atom is 0.377 e. The van der Waals surface area contributed by atoms with Crippen molar-refractivity contribution in [2.75, 3.05) is 26.3 Å². The second kappa shape index (κ2) is 5.64. The molecule has 1 amide bonds. The largest absolute Gasteiger partial charge is 0.378 e. The molecule has 116 valence electrons. The van der Waals surface area contributed by atoms with Crippen LogP contribution in [0.15, 0.2) is 23.0 Å². The van der Waals surface area contributed by atoms with Gasteiger partial charge in [0.25, 0.3) is 0 Å². The summed E-state index contributed by atoms with van der Waals surface area (Å²) in [4.78, 5) is 25.7. The Kier molecular flexibility index (Phi) is 3.67. The van der Waals surface area contributed by atoms with E-state index in [2.05, 4.69) is 10.4 Å². The molecule has 0 saturated carbocycles. The van der Waals surface area contributed by atoms with Crippen LogP contribution >= 0.6 is 0 Å². The highest BCUT2D eigenvalue weighted by molar-refractivity contribution is 5.75. The van der Waals surface area contributed by atoms with Gasteiger partial charge >= 0.3 is 11.7 Å². The lowest BCUT2D eigenvalue weighted by Gasteiger charge is -2.25. The van der Waals surface area contributed by atoms with Crippen molar-refractivity contribution in [2.45, 2.75) is 0 Å². The maximum absolute atomic E-state index is 13.7. The number of rotatable bonds is 1. The highest BCUT2D eigenvalue weighted by atomic mass is 19.1. The molecule has 2 heterocycles. The van der Waals surface area contributed by atoms with Crippen molar-refractivity contribution in [2.24, 2.45) is 0 Å². The minimum Gasteiger partial charge on any atom is -0.378 e. The van der Waals surface area contributed by atoms with Crippen LogP contribution in [-0.4, -0.2) is 57.0 Å². The molecule has 0 bridgehead atoms. The molecular weight excluding hydrogens is 300 g/mol. The molecule has 0 unspecified atom stereocenters. The number of aromatic nitrogens is 4. The predicted molar refractivity (Wildman–Crippen MR) is 68.7 cm³/mol. The number of amides is 1. The van der Waals surface area contributed by atoms with E-state index in [1.54, 1.807) is 0 Å². The molecule has 0 radical (unpaired) electrons. The Labute approximate surface area is 122 Å². The van der Waals surface area contributed by atoms with Crippen molar-refractivity contribution in [3.05, 3.63) is 40.3 Å². The van der Waals surface area contributed by atoms with Gasteiger partial charge in [0, 0.05) is 19.2 Å². The minimum absolute atomic E-state index is 0.285. The highest BCUT2D eigenvalue weighted by Gasteiger charge is 2.24. The van der Waals surface area contributed by atoms with Crippen LogP contribution in [0.4, 0.5) is 13.6 Å². The Morgan fingerprint density at radius 3 is 2.59 bits per heavy atom. The van der Waals surface area contributed by atoms with Gasteiger partial charge in [0.15, 0.2) is 5.82 Å². The van der Waals surface area contributed by atoms with E-state index in [0.29, 0.717) is 41.7 Å². The lowest BCUT2D eigenvalue weighted by Crippen LogP contribution is -2.46. The van der Waals surface area contributed by atoms with Gasteiger partial charge in [-0.25, -0.2) is 18.4 Å². The third kappa shape index (κ3) is 2.48. The molecule has 0 atom stereocenters. The third-order valence-electron chi connectivity index (χ3n) is 3.18. The van der Waals surface area contributed by atoms with Crippen molar-refractivity contribution >= 4 is 6.03 Å². The number of benzene rings is 1. The van der Waals surface area contributed by atoms with Crippen LogP contribution < -0.4 is 5.69 Å². The molecule has 1 fully saturated rings. The van der Waals surface area contributed by atoms with Crippen LogP contribution in [0.25, 0.3) is 5.69 Å². The second-order valence-corrected chi connectivity index (χ2v) is 4.56. The molecule has 22 heavy (non-hydrogen) atoms. The van der Waals surface area contributed by atoms with E-state index in [-0.39, 0.29) is 5.69 Å². The lowest BCUT2D eigenvalue weighted by molar-refractivity contribution is 0.0525. The molecule has 1 aliphatic heterocycles. The normalized spacial score (nSPS) is 15.1. The fourth-order valence-corrected chi connectivity index (χ4v) is 2.06. The van der Waals surface area contributed by atoms with Crippen molar-refractivity contribution in [1.29, 1.82) is 0 Å². The van der Waals surface area contributed by atoms with Crippen molar-refractivity contribution in [3.63, 3.8) is 0 Å². The number of hydrogen-bond donors (Lipinski definition) is 0. The van der Waals surface area contributed by atoms with Gasteiger partial charge in [0.05, 0.1) is 13.2 Å². The van der Waals surface area contributed by atoms with Gasteiger partial charge in [-0.1, -0.05) is 0 Å². The molecule has 1 aromatic carbocycles. The van der Waals surface area contributed by atoms with Gasteiger partial charge in [0.1, 0.15) is 11.5 Å². The summed E-state index contributed by atoms with van der Waals surface area (Å²) in [6, 6.07) is 1.98. The second-order valence-electron chi connectivity index (χ2n) is 4.56. The standard InChI is InChI=1S/C12H11F2N5O3/c13-8-1-2-10(9(14)7-8)18-12(21)19(16-15-18)11(20)17-3-5-22-6-4-17/h1-2,7H,3-6H2. The zero-order chi connectivity index (χ0) is 15.7. The number of hydrogen-bond acceptors (Lipinski definition) is 5. The fourth-order valence-electron chi connectivity index (χ4n) is 2.06. The summed E-state index contributed by atoms with van der Waals surface area (Å²) in [5.74, 6) is -1.76. The van der Waals surface area contributed by atoms with E-state index in [0.717, 1.165) is 12.1 Å². The Balaban J connectivity index is 1.95. The van der Waals surface area contributed by atoms with Gasteiger partial charge < -0.3 is 9.64 Å². The van der Waals surface area contributed by atoms with E-state index >= 15 is 0 Å².